The van der Waals surface area contributed by atoms with Crippen molar-refractivity contribution in [3.05, 3.63) is 40.9 Å². The zero-order valence-electron chi connectivity index (χ0n) is 12.0. The fourth-order valence-corrected chi connectivity index (χ4v) is 4.96. The lowest BCUT2D eigenvalue weighted by molar-refractivity contribution is 0.0632. The molecule has 0 unspecified atom stereocenters. The first-order valence-corrected chi connectivity index (χ1v) is 8.76. The van der Waals surface area contributed by atoms with E-state index in [0.717, 1.165) is 17.0 Å². The molecular formula is C17H19N3S. The van der Waals surface area contributed by atoms with Gasteiger partial charge in [0.05, 0.1) is 0 Å². The Morgan fingerprint density at radius 1 is 1.00 bits per heavy atom. The van der Waals surface area contributed by atoms with E-state index < -0.39 is 0 Å². The fourth-order valence-electron chi connectivity index (χ4n) is 3.95. The summed E-state index contributed by atoms with van der Waals surface area (Å²) >= 11 is 1.82. The quantitative estimate of drug-likeness (QED) is 0.863. The van der Waals surface area contributed by atoms with Crippen LogP contribution in [0.15, 0.2) is 30.3 Å². The van der Waals surface area contributed by atoms with Crippen LogP contribution in [0.1, 0.15) is 48.1 Å². The maximum atomic E-state index is 4.40. The Bertz CT molecular complexity index is 648. The normalized spacial score (nSPS) is 23.9. The predicted octanol–water partition coefficient (Wildman–Crippen LogP) is 3.80. The van der Waals surface area contributed by atoms with E-state index in [4.69, 9.17) is 0 Å². The van der Waals surface area contributed by atoms with Crippen molar-refractivity contribution in [1.29, 1.82) is 0 Å². The van der Waals surface area contributed by atoms with Gasteiger partial charge in [0.2, 0.25) is 5.13 Å². The van der Waals surface area contributed by atoms with Gasteiger partial charge in [0, 0.05) is 24.4 Å². The maximum absolute atomic E-state index is 4.40. The van der Waals surface area contributed by atoms with Crippen LogP contribution in [0, 0.1) is 5.41 Å². The zero-order valence-corrected chi connectivity index (χ0v) is 12.9. The second-order valence-electron chi connectivity index (χ2n) is 7.07. The van der Waals surface area contributed by atoms with E-state index in [1.807, 2.05) is 11.3 Å². The van der Waals surface area contributed by atoms with Crippen LogP contribution in [0.4, 0.5) is 5.13 Å². The second-order valence-corrected chi connectivity index (χ2v) is 8.06. The van der Waals surface area contributed by atoms with Gasteiger partial charge in [-0.2, -0.15) is 0 Å². The van der Waals surface area contributed by atoms with Gasteiger partial charge >= 0.3 is 0 Å². The Labute approximate surface area is 129 Å². The minimum atomic E-state index is 0.575. The Morgan fingerprint density at radius 3 is 2.48 bits per heavy atom. The highest BCUT2D eigenvalue weighted by atomic mass is 32.1. The highest BCUT2D eigenvalue weighted by Crippen LogP contribution is 2.57. The molecule has 1 aromatic carbocycles. The molecule has 108 valence electrons. The molecule has 2 heterocycles. The first kappa shape index (κ1) is 12.2. The molecule has 2 aromatic rings. The summed E-state index contributed by atoms with van der Waals surface area (Å²) in [4.78, 5) is 2.44. The number of rotatable bonds is 3. The van der Waals surface area contributed by atoms with E-state index in [-0.39, 0.29) is 0 Å². The van der Waals surface area contributed by atoms with Gasteiger partial charge in [0.1, 0.15) is 5.01 Å². The Morgan fingerprint density at radius 2 is 1.76 bits per heavy atom. The van der Waals surface area contributed by atoms with Crippen LogP contribution in [-0.2, 0) is 0 Å². The Hall–Kier alpha value is -1.42. The topological polar surface area (TPSA) is 29.0 Å². The van der Waals surface area contributed by atoms with Gasteiger partial charge in [-0.1, -0.05) is 41.7 Å². The first-order chi connectivity index (χ1) is 10.3. The molecule has 1 aromatic heterocycles. The molecule has 1 aliphatic heterocycles. The number of nitrogens with zero attached hydrogens (tertiary/aromatic N) is 3. The van der Waals surface area contributed by atoms with E-state index in [2.05, 4.69) is 45.4 Å². The van der Waals surface area contributed by atoms with Crippen molar-refractivity contribution >= 4 is 16.5 Å². The molecular weight excluding hydrogens is 278 g/mol. The van der Waals surface area contributed by atoms with E-state index in [1.165, 1.54) is 49.3 Å². The monoisotopic (exact) mass is 297 g/mol. The van der Waals surface area contributed by atoms with Crippen LogP contribution in [0.25, 0.3) is 0 Å². The summed E-state index contributed by atoms with van der Waals surface area (Å²) in [5.74, 6) is 1.52. The molecule has 0 bridgehead atoms. The van der Waals surface area contributed by atoms with E-state index >= 15 is 0 Å². The third-order valence-electron chi connectivity index (χ3n) is 5.31. The van der Waals surface area contributed by atoms with Gasteiger partial charge in [0.25, 0.3) is 0 Å². The number of aromatic nitrogens is 2. The van der Waals surface area contributed by atoms with Crippen LogP contribution >= 0.6 is 11.3 Å². The van der Waals surface area contributed by atoms with Crippen molar-refractivity contribution in [3.63, 3.8) is 0 Å². The molecule has 3 fully saturated rings. The van der Waals surface area contributed by atoms with Crippen LogP contribution in [0.3, 0.4) is 0 Å². The average Bonchev–Trinajstić information content (AvgIpc) is 3.16. The van der Waals surface area contributed by atoms with Crippen LogP contribution in [0.5, 0.6) is 0 Å². The lowest BCUT2D eigenvalue weighted by Crippen LogP contribution is -2.61. The van der Waals surface area contributed by atoms with Crippen molar-refractivity contribution in [2.75, 3.05) is 18.0 Å². The predicted molar refractivity (Wildman–Crippen MR) is 84.9 cm³/mol. The molecule has 0 atom stereocenters. The van der Waals surface area contributed by atoms with Crippen molar-refractivity contribution in [3.8, 4) is 0 Å². The molecule has 3 nitrogen and oxygen atoms in total. The van der Waals surface area contributed by atoms with Crippen molar-refractivity contribution in [2.24, 2.45) is 5.41 Å². The highest BCUT2D eigenvalue weighted by molar-refractivity contribution is 7.15. The largest absolute Gasteiger partial charge is 0.345 e. The van der Waals surface area contributed by atoms with Crippen LogP contribution < -0.4 is 4.90 Å². The maximum Gasteiger partial charge on any atom is 0.208 e. The van der Waals surface area contributed by atoms with Gasteiger partial charge < -0.3 is 4.90 Å². The number of anilines is 1. The second kappa shape index (κ2) is 4.29. The van der Waals surface area contributed by atoms with Gasteiger partial charge in [-0.05, 0) is 37.2 Å². The number of hydrogen-bond donors (Lipinski definition) is 0. The minimum absolute atomic E-state index is 0.575. The number of hydrogen-bond acceptors (Lipinski definition) is 4. The SMILES string of the molecule is c1ccc(C2CC3(C2)CN(c2nnc(C4CC4)s2)C3)cc1. The van der Waals surface area contributed by atoms with Crippen molar-refractivity contribution in [2.45, 2.75) is 37.5 Å². The summed E-state index contributed by atoms with van der Waals surface area (Å²) in [6, 6.07) is 11.0. The van der Waals surface area contributed by atoms with Crippen LogP contribution in [0.2, 0.25) is 0 Å². The summed E-state index contributed by atoms with van der Waals surface area (Å²) in [7, 11) is 0. The minimum Gasteiger partial charge on any atom is -0.345 e. The first-order valence-electron chi connectivity index (χ1n) is 7.95. The molecule has 5 rings (SSSR count). The zero-order chi connectivity index (χ0) is 13.9. The van der Waals surface area contributed by atoms with Gasteiger partial charge in [0.15, 0.2) is 0 Å². The summed E-state index contributed by atoms with van der Waals surface area (Å²) in [5, 5.41) is 11.2. The van der Waals surface area contributed by atoms with Crippen molar-refractivity contribution in [1.82, 2.24) is 10.2 Å². The molecule has 2 saturated carbocycles. The molecule has 4 heteroatoms. The van der Waals surface area contributed by atoms with E-state index in [0.29, 0.717) is 5.41 Å². The molecule has 0 radical (unpaired) electrons. The third kappa shape index (κ3) is 2.00. The van der Waals surface area contributed by atoms with Gasteiger partial charge in [-0.15, -0.1) is 10.2 Å². The van der Waals surface area contributed by atoms with Crippen molar-refractivity contribution < 1.29 is 0 Å². The molecule has 0 N–H and O–H groups in total. The van der Waals surface area contributed by atoms with E-state index in [1.54, 1.807) is 0 Å². The molecule has 3 aliphatic rings. The van der Waals surface area contributed by atoms with E-state index in [9.17, 15) is 0 Å². The molecule has 21 heavy (non-hydrogen) atoms. The number of benzene rings is 1. The van der Waals surface area contributed by atoms with Gasteiger partial charge in [-0.25, -0.2) is 0 Å². The summed E-state index contributed by atoms with van der Waals surface area (Å²) in [5.41, 5.74) is 2.10. The molecule has 0 amide bonds. The van der Waals surface area contributed by atoms with Crippen LogP contribution in [-0.4, -0.2) is 23.3 Å². The van der Waals surface area contributed by atoms with Gasteiger partial charge in [-0.3, -0.25) is 0 Å². The summed E-state index contributed by atoms with van der Waals surface area (Å²) < 4.78 is 0. The molecule has 1 saturated heterocycles. The smallest absolute Gasteiger partial charge is 0.208 e. The highest BCUT2D eigenvalue weighted by Gasteiger charge is 2.53. The Balaban J connectivity index is 1.21. The Kier molecular flexibility index (Phi) is 2.48. The summed E-state index contributed by atoms with van der Waals surface area (Å²) in [6.07, 6.45) is 5.33. The fraction of sp³-hybridized carbons (Fsp3) is 0.529. The third-order valence-corrected chi connectivity index (χ3v) is 6.46. The molecule has 2 aliphatic carbocycles. The summed E-state index contributed by atoms with van der Waals surface area (Å²) in [6.45, 7) is 2.38. The average molecular weight is 297 g/mol. The molecule has 1 spiro atoms. The lowest BCUT2D eigenvalue weighted by atomic mass is 9.56. The standard InChI is InChI=1S/C17H19N3S/c1-2-4-12(5-3-1)14-8-17(9-14)10-20(11-17)16-19-18-15(21-16)13-6-7-13/h1-5,13-14H,6-11H2. The lowest BCUT2D eigenvalue weighted by Gasteiger charge is -2.59.